The second-order valence-electron chi connectivity index (χ2n) is 4.73. The molecule has 0 saturated carbocycles. The van der Waals surface area contributed by atoms with E-state index in [0.29, 0.717) is 41.8 Å². The first-order valence-corrected chi connectivity index (χ1v) is 6.53. The highest BCUT2D eigenvalue weighted by atomic mass is 16.5. The zero-order chi connectivity index (χ0) is 14.5. The number of nitrogens with one attached hydrogen (secondary N) is 1. The predicted octanol–water partition coefficient (Wildman–Crippen LogP) is 1.05. The standard InChI is InChI=1S/C14H20N2O4/c1-18-10-5-11(13(15)12(6-10)19-2)14(17)16-7-9-3-4-20-8-9/h5-6,9H,3-4,7-8,15H2,1-2H3,(H,16,17). The normalized spacial score (nSPS) is 17.8. The van der Waals surface area contributed by atoms with Gasteiger partial charge in [0.05, 0.1) is 32.1 Å². The van der Waals surface area contributed by atoms with E-state index < -0.39 is 0 Å². The van der Waals surface area contributed by atoms with Crippen LogP contribution in [0.15, 0.2) is 12.1 Å². The Kier molecular flexibility index (Phi) is 4.68. The Morgan fingerprint density at radius 3 is 2.85 bits per heavy atom. The largest absolute Gasteiger partial charge is 0.497 e. The van der Waals surface area contributed by atoms with Gasteiger partial charge in [-0.15, -0.1) is 0 Å². The van der Waals surface area contributed by atoms with Crippen LogP contribution in [0.4, 0.5) is 5.69 Å². The second kappa shape index (κ2) is 6.47. The number of methoxy groups -OCH3 is 2. The van der Waals surface area contributed by atoms with Crippen LogP contribution in [0.25, 0.3) is 0 Å². The molecule has 1 fully saturated rings. The molecule has 1 amide bonds. The Hall–Kier alpha value is -1.95. The number of carbonyl (C=O) groups is 1. The molecule has 0 spiro atoms. The van der Waals surface area contributed by atoms with Crippen LogP contribution >= 0.6 is 0 Å². The monoisotopic (exact) mass is 280 g/mol. The van der Waals surface area contributed by atoms with Crippen LogP contribution in [0.5, 0.6) is 11.5 Å². The number of anilines is 1. The maximum absolute atomic E-state index is 12.2. The lowest BCUT2D eigenvalue weighted by Crippen LogP contribution is -2.30. The van der Waals surface area contributed by atoms with Crippen LogP contribution < -0.4 is 20.5 Å². The molecule has 1 heterocycles. The van der Waals surface area contributed by atoms with Crippen molar-refractivity contribution in [1.29, 1.82) is 0 Å². The van der Waals surface area contributed by atoms with Crippen molar-refractivity contribution in [3.8, 4) is 11.5 Å². The quantitative estimate of drug-likeness (QED) is 0.788. The molecule has 6 heteroatoms. The number of hydrogen-bond acceptors (Lipinski definition) is 5. The maximum Gasteiger partial charge on any atom is 0.253 e. The van der Waals surface area contributed by atoms with Gasteiger partial charge in [-0.2, -0.15) is 0 Å². The number of rotatable bonds is 5. The van der Waals surface area contributed by atoms with Gasteiger partial charge in [-0.1, -0.05) is 0 Å². The lowest BCUT2D eigenvalue weighted by molar-refractivity contribution is 0.0945. The molecule has 110 valence electrons. The smallest absolute Gasteiger partial charge is 0.253 e. The van der Waals surface area contributed by atoms with Crippen molar-refractivity contribution in [2.24, 2.45) is 5.92 Å². The number of nitrogen functional groups attached to an aromatic ring is 1. The Morgan fingerprint density at radius 1 is 1.45 bits per heavy atom. The molecule has 1 aromatic carbocycles. The number of carbonyl (C=O) groups excluding carboxylic acids is 1. The molecule has 1 aliphatic rings. The van der Waals surface area contributed by atoms with Gasteiger partial charge in [0.25, 0.3) is 5.91 Å². The molecule has 1 aliphatic heterocycles. The summed E-state index contributed by atoms with van der Waals surface area (Å²) in [4.78, 5) is 12.2. The van der Waals surface area contributed by atoms with Crippen LogP contribution in [0, 0.1) is 5.92 Å². The minimum absolute atomic E-state index is 0.230. The summed E-state index contributed by atoms with van der Waals surface area (Å²) >= 11 is 0. The molecule has 0 radical (unpaired) electrons. The third-order valence-electron chi connectivity index (χ3n) is 3.39. The fraction of sp³-hybridized carbons (Fsp3) is 0.500. The molecular weight excluding hydrogens is 260 g/mol. The van der Waals surface area contributed by atoms with Crippen molar-refractivity contribution >= 4 is 11.6 Å². The zero-order valence-corrected chi connectivity index (χ0v) is 11.8. The average Bonchev–Trinajstić information content (AvgIpc) is 2.98. The number of hydrogen-bond donors (Lipinski definition) is 2. The molecular formula is C14H20N2O4. The zero-order valence-electron chi connectivity index (χ0n) is 11.8. The van der Waals surface area contributed by atoms with Gasteiger partial charge in [-0.3, -0.25) is 4.79 Å². The van der Waals surface area contributed by atoms with Crippen molar-refractivity contribution in [2.45, 2.75) is 6.42 Å². The fourth-order valence-corrected chi connectivity index (χ4v) is 2.15. The Morgan fingerprint density at radius 2 is 2.25 bits per heavy atom. The van der Waals surface area contributed by atoms with Crippen LogP contribution in [-0.2, 0) is 4.74 Å². The first kappa shape index (κ1) is 14.5. The predicted molar refractivity (Wildman–Crippen MR) is 75.2 cm³/mol. The van der Waals surface area contributed by atoms with Crippen molar-refractivity contribution in [3.05, 3.63) is 17.7 Å². The summed E-state index contributed by atoms with van der Waals surface area (Å²) in [6.07, 6.45) is 0.969. The lowest BCUT2D eigenvalue weighted by Gasteiger charge is -2.14. The SMILES string of the molecule is COc1cc(OC)c(N)c(C(=O)NCC2CCOC2)c1. The summed E-state index contributed by atoms with van der Waals surface area (Å²) in [7, 11) is 3.03. The van der Waals surface area contributed by atoms with E-state index in [4.69, 9.17) is 19.9 Å². The van der Waals surface area contributed by atoms with Gasteiger partial charge in [0.15, 0.2) is 0 Å². The van der Waals surface area contributed by atoms with Gasteiger partial charge in [0.1, 0.15) is 11.5 Å². The summed E-state index contributed by atoms with van der Waals surface area (Å²) in [5, 5.41) is 2.87. The Labute approximate surface area is 118 Å². The van der Waals surface area contributed by atoms with E-state index in [9.17, 15) is 4.79 Å². The molecule has 20 heavy (non-hydrogen) atoms. The summed E-state index contributed by atoms with van der Waals surface area (Å²) in [5.74, 6) is 1.10. The first-order chi connectivity index (χ1) is 9.65. The Bertz CT molecular complexity index is 484. The number of benzene rings is 1. The highest BCUT2D eigenvalue weighted by Crippen LogP contribution is 2.31. The van der Waals surface area contributed by atoms with E-state index in [-0.39, 0.29) is 5.91 Å². The van der Waals surface area contributed by atoms with Crippen LogP contribution in [0.2, 0.25) is 0 Å². The summed E-state index contributed by atoms with van der Waals surface area (Å²) in [5.41, 5.74) is 6.61. The van der Waals surface area contributed by atoms with Gasteiger partial charge >= 0.3 is 0 Å². The van der Waals surface area contributed by atoms with E-state index in [1.807, 2.05) is 0 Å². The van der Waals surface area contributed by atoms with Gasteiger partial charge in [-0.05, 0) is 12.5 Å². The van der Waals surface area contributed by atoms with Crippen molar-refractivity contribution in [1.82, 2.24) is 5.32 Å². The fourth-order valence-electron chi connectivity index (χ4n) is 2.15. The molecule has 6 nitrogen and oxygen atoms in total. The molecule has 0 aromatic heterocycles. The van der Waals surface area contributed by atoms with Crippen LogP contribution in [0.3, 0.4) is 0 Å². The molecule has 1 atom stereocenters. The summed E-state index contributed by atoms with van der Waals surface area (Å²) in [6.45, 7) is 2.03. The maximum atomic E-state index is 12.2. The van der Waals surface area contributed by atoms with Gasteiger partial charge in [0.2, 0.25) is 0 Å². The Balaban J connectivity index is 2.11. The molecule has 1 saturated heterocycles. The molecule has 3 N–H and O–H groups in total. The molecule has 1 aromatic rings. The summed E-state index contributed by atoms with van der Waals surface area (Å²) in [6, 6.07) is 3.26. The number of ether oxygens (including phenoxy) is 3. The molecule has 1 unspecified atom stereocenters. The van der Waals surface area contributed by atoms with Crippen LogP contribution in [-0.4, -0.2) is 39.9 Å². The van der Waals surface area contributed by atoms with Crippen molar-refractivity contribution < 1.29 is 19.0 Å². The van der Waals surface area contributed by atoms with Gasteiger partial charge in [-0.25, -0.2) is 0 Å². The third kappa shape index (κ3) is 3.14. The van der Waals surface area contributed by atoms with E-state index in [1.165, 1.54) is 14.2 Å². The van der Waals surface area contributed by atoms with Gasteiger partial charge in [0, 0.05) is 25.1 Å². The van der Waals surface area contributed by atoms with E-state index in [2.05, 4.69) is 5.32 Å². The lowest BCUT2D eigenvalue weighted by atomic mass is 10.1. The first-order valence-electron chi connectivity index (χ1n) is 6.53. The molecule has 0 aliphatic carbocycles. The van der Waals surface area contributed by atoms with E-state index in [0.717, 1.165) is 13.0 Å². The minimum Gasteiger partial charge on any atom is -0.497 e. The topological polar surface area (TPSA) is 82.8 Å². The number of nitrogens with two attached hydrogens (primary N) is 1. The third-order valence-corrected chi connectivity index (χ3v) is 3.39. The van der Waals surface area contributed by atoms with Crippen LogP contribution in [0.1, 0.15) is 16.8 Å². The van der Waals surface area contributed by atoms with E-state index in [1.54, 1.807) is 12.1 Å². The highest BCUT2D eigenvalue weighted by Gasteiger charge is 2.19. The number of amides is 1. The molecule has 2 rings (SSSR count). The second-order valence-corrected chi connectivity index (χ2v) is 4.73. The van der Waals surface area contributed by atoms with E-state index >= 15 is 0 Å². The van der Waals surface area contributed by atoms with Crippen molar-refractivity contribution in [2.75, 3.05) is 39.7 Å². The van der Waals surface area contributed by atoms with Gasteiger partial charge < -0.3 is 25.3 Å². The molecule has 0 bridgehead atoms. The van der Waals surface area contributed by atoms with Crippen molar-refractivity contribution in [3.63, 3.8) is 0 Å². The minimum atomic E-state index is -0.230. The highest BCUT2D eigenvalue weighted by molar-refractivity contribution is 6.00. The summed E-state index contributed by atoms with van der Waals surface area (Å²) < 4.78 is 15.6. The average molecular weight is 280 g/mol.